The van der Waals surface area contributed by atoms with E-state index in [0.29, 0.717) is 29.3 Å². The molecule has 7 rings (SSSR count). The maximum Gasteiger partial charge on any atom is 0.307 e. The molecule has 9 nitrogen and oxygen atoms in total. The molecular weight excluding hydrogens is 372 g/mol. The zero-order valence-corrected chi connectivity index (χ0v) is 15.8. The van der Waals surface area contributed by atoms with Gasteiger partial charge in [-0.25, -0.2) is 0 Å². The van der Waals surface area contributed by atoms with Crippen molar-refractivity contribution in [1.29, 1.82) is 0 Å². The fourth-order valence-electron chi connectivity index (χ4n) is 6.43. The average Bonchev–Trinajstić information content (AvgIpc) is 3.39. The zero-order valence-electron chi connectivity index (χ0n) is 15.8. The molecule has 0 aliphatic heterocycles. The summed E-state index contributed by atoms with van der Waals surface area (Å²) in [5.74, 6) is 2.22. The van der Waals surface area contributed by atoms with Crippen molar-refractivity contribution >= 4 is 5.69 Å². The third-order valence-electron chi connectivity index (χ3n) is 7.06. The Morgan fingerprint density at radius 1 is 1.17 bits per heavy atom. The van der Waals surface area contributed by atoms with Crippen molar-refractivity contribution in [3.05, 3.63) is 52.8 Å². The van der Waals surface area contributed by atoms with Crippen LogP contribution in [0, 0.1) is 22.0 Å². The highest BCUT2D eigenvalue weighted by molar-refractivity contribution is 5.45. The van der Waals surface area contributed by atoms with Crippen LogP contribution in [0.4, 0.5) is 5.69 Å². The molecule has 2 unspecified atom stereocenters. The first-order valence-electron chi connectivity index (χ1n) is 10.0. The molecule has 148 valence electrons. The highest BCUT2D eigenvalue weighted by atomic mass is 16.6. The van der Waals surface area contributed by atoms with Crippen LogP contribution in [-0.4, -0.2) is 29.9 Å². The minimum atomic E-state index is -0.378. The lowest BCUT2D eigenvalue weighted by molar-refractivity contribution is -0.385. The summed E-state index contributed by atoms with van der Waals surface area (Å²) >= 11 is 0. The Hall–Kier alpha value is -3.10. The van der Waals surface area contributed by atoms with E-state index in [-0.39, 0.29) is 21.6 Å². The van der Waals surface area contributed by atoms with Gasteiger partial charge in [-0.1, -0.05) is 6.07 Å². The molecule has 9 heteroatoms. The van der Waals surface area contributed by atoms with E-state index in [1.807, 2.05) is 22.9 Å². The molecule has 0 saturated heterocycles. The SMILES string of the molecule is O=[N+]([O-])c1cnn(C23CC4CC(CC(c5nnc(-c6ccccn6)o5)(C4)C2)C3)c1. The van der Waals surface area contributed by atoms with Crippen LogP contribution in [0.3, 0.4) is 0 Å². The summed E-state index contributed by atoms with van der Waals surface area (Å²) in [6.45, 7) is 0. The molecule has 4 bridgehead atoms. The van der Waals surface area contributed by atoms with Crippen LogP contribution < -0.4 is 0 Å². The van der Waals surface area contributed by atoms with Gasteiger partial charge in [0.2, 0.25) is 5.89 Å². The minimum absolute atomic E-state index is 0.0463. The summed E-state index contributed by atoms with van der Waals surface area (Å²) in [6.07, 6.45) is 10.8. The first-order chi connectivity index (χ1) is 14.1. The van der Waals surface area contributed by atoms with E-state index in [4.69, 9.17) is 4.42 Å². The second kappa shape index (κ2) is 5.71. The third-order valence-corrected chi connectivity index (χ3v) is 7.06. The predicted octanol–water partition coefficient (Wildman–Crippen LogP) is 3.48. The molecule has 0 radical (unpaired) electrons. The van der Waals surface area contributed by atoms with Crippen LogP contribution in [-0.2, 0) is 11.0 Å². The molecule has 3 heterocycles. The first-order valence-corrected chi connectivity index (χ1v) is 10.0. The molecule has 4 saturated carbocycles. The fourth-order valence-corrected chi connectivity index (χ4v) is 6.43. The van der Waals surface area contributed by atoms with Crippen LogP contribution in [0.2, 0.25) is 0 Å². The van der Waals surface area contributed by atoms with E-state index in [1.165, 1.54) is 12.6 Å². The number of nitro groups is 1. The lowest BCUT2D eigenvalue weighted by Crippen LogP contribution is -2.58. The zero-order chi connectivity index (χ0) is 19.6. The number of rotatable bonds is 4. The molecular formula is C20H20N6O3. The lowest BCUT2D eigenvalue weighted by Gasteiger charge is -2.60. The molecule has 4 aliphatic carbocycles. The van der Waals surface area contributed by atoms with Gasteiger partial charge in [0.05, 0.1) is 15.9 Å². The summed E-state index contributed by atoms with van der Waals surface area (Å²) in [5.41, 5.74) is 0.321. The maximum atomic E-state index is 11.2. The molecule has 0 amide bonds. The Labute approximate surface area is 166 Å². The van der Waals surface area contributed by atoms with Gasteiger partial charge in [-0.15, -0.1) is 10.2 Å². The Kier molecular flexibility index (Phi) is 3.31. The second-order valence-electron chi connectivity index (χ2n) is 8.99. The number of hydrogen-bond acceptors (Lipinski definition) is 7. The number of hydrogen-bond donors (Lipinski definition) is 0. The summed E-state index contributed by atoms with van der Waals surface area (Å²) in [7, 11) is 0. The number of aromatic nitrogens is 5. The predicted molar refractivity (Wildman–Crippen MR) is 101 cm³/mol. The van der Waals surface area contributed by atoms with Crippen molar-refractivity contribution in [2.75, 3.05) is 0 Å². The molecule has 29 heavy (non-hydrogen) atoms. The number of nitrogens with zero attached hydrogens (tertiary/aromatic N) is 6. The second-order valence-corrected chi connectivity index (χ2v) is 8.99. The van der Waals surface area contributed by atoms with Gasteiger partial charge < -0.3 is 4.42 Å². The quantitative estimate of drug-likeness (QED) is 0.493. The van der Waals surface area contributed by atoms with Crippen molar-refractivity contribution in [1.82, 2.24) is 25.0 Å². The molecule has 0 N–H and O–H groups in total. The number of pyridine rings is 1. The maximum absolute atomic E-state index is 11.2. The Balaban J connectivity index is 1.40. The molecule has 4 aliphatic rings. The molecule has 0 aromatic carbocycles. The van der Waals surface area contributed by atoms with Crippen molar-refractivity contribution in [3.63, 3.8) is 0 Å². The molecule has 3 aromatic rings. The average molecular weight is 392 g/mol. The van der Waals surface area contributed by atoms with Gasteiger partial charge in [0.1, 0.15) is 18.1 Å². The first kappa shape index (κ1) is 16.8. The molecule has 4 fully saturated rings. The largest absolute Gasteiger partial charge is 0.419 e. The standard InChI is InChI=1S/C20H20N6O3/c27-26(28)15-10-22-25(11-15)20-8-13-5-14(9-20)7-19(6-13,12-20)18-24-23-17(29-18)16-3-1-2-4-21-16/h1-4,10-11,13-14H,5-9,12H2. The lowest BCUT2D eigenvalue weighted by atomic mass is 9.47. The van der Waals surface area contributed by atoms with Crippen LogP contribution in [0.5, 0.6) is 0 Å². The van der Waals surface area contributed by atoms with Gasteiger partial charge in [-0.05, 0) is 62.5 Å². The summed E-state index contributed by atoms with van der Waals surface area (Å²) in [5, 5.41) is 24.3. The van der Waals surface area contributed by atoms with Gasteiger partial charge in [-0.2, -0.15) is 5.10 Å². The normalized spacial score (nSPS) is 32.6. The summed E-state index contributed by atoms with van der Waals surface area (Å²) in [4.78, 5) is 15.1. The topological polar surface area (TPSA) is 113 Å². The van der Waals surface area contributed by atoms with E-state index in [2.05, 4.69) is 20.3 Å². The third kappa shape index (κ3) is 2.46. The van der Waals surface area contributed by atoms with Crippen LogP contribution >= 0.6 is 0 Å². The van der Waals surface area contributed by atoms with E-state index in [1.54, 1.807) is 12.4 Å². The van der Waals surface area contributed by atoms with Crippen LogP contribution in [0.1, 0.15) is 44.4 Å². The van der Waals surface area contributed by atoms with Gasteiger partial charge >= 0.3 is 5.69 Å². The fraction of sp³-hybridized carbons (Fsp3) is 0.500. The minimum Gasteiger partial charge on any atom is -0.419 e. The highest BCUT2D eigenvalue weighted by Crippen LogP contribution is 2.64. The highest BCUT2D eigenvalue weighted by Gasteiger charge is 2.61. The van der Waals surface area contributed by atoms with Crippen molar-refractivity contribution in [2.24, 2.45) is 11.8 Å². The Morgan fingerprint density at radius 3 is 2.69 bits per heavy atom. The van der Waals surface area contributed by atoms with E-state index in [9.17, 15) is 10.1 Å². The molecule has 3 aromatic heterocycles. The Morgan fingerprint density at radius 2 is 2.00 bits per heavy atom. The monoisotopic (exact) mass is 392 g/mol. The Bertz CT molecular complexity index is 1080. The van der Waals surface area contributed by atoms with Gasteiger partial charge in [0.25, 0.3) is 5.89 Å². The van der Waals surface area contributed by atoms with E-state index in [0.717, 1.165) is 32.1 Å². The summed E-state index contributed by atoms with van der Waals surface area (Å²) < 4.78 is 8.01. The van der Waals surface area contributed by atoms with Gasteiger partial charge in [0.15, 0.2) is 0 Å². The molecule has 0 spiro atoms. The van der Waals surface area contributed by atoms with Crippen molar-refractivity contribution in [2.45, 2.75) is 49.5 Å². The van der Waals surface area contributed by atoms with Crippen LogP contribution in [0.15, 0.2) is 41.2 Å². The van der Waals surface area contributed by atoms with Gasteiger partial charge in [0, 0.05) is 6.20 Å². The smallest absolute Gasteiger partial charge is 0.307 e. The van der Waals surface area contributed by atoms with Crippen molar-refractivity contribution in [3.8, 4) is 11.6 Å². The van der Waals surface area contributed by atoms with Crippen LogP contribution in [0.25, 0.3) is 11.6 Å². The van der Waals surface area contributed by atoms with Gasteiger partial charge in [-0.3, -0.25) is 19.8 Å². The van der Waals surface area contributed by atoms with E-state index < -0.39 is 0 Å². The van der Waals surface area contributed by atoms with Crippen molar-refractivity contribution < 1.29 is 9.34 Å². The molecule has 2 atom stereocenters. The van der Waals surface area contributed by atoms with E-state index >= 15 is 0 Å². The summed E-state index contributed by atoms with van der Waals surface area (Å²) in [6, 6.07) is 5.62.